The van der Waals surface area contributed by atoms with Gasteiger partial charge in [-0.1, -0.05) is 29.8 Å². The van der Waals surface area contributed by atoms with Crippen LogP contribution in [0.2, 0.25) is 5.02 Å². The predicted octanol–water partition coefficient (Wildman–Crippen LogP) is 4.67. The first kappa shape index (κ1) is 21.3. The number of nitrogens with zero attached hydrogens (tertiary/aromatic N) is 5. The number of nitriles is 1. The number of amides is 1. The van der Waals surface area contributed by atoms with Crippen LogP contribution in [-0.2, 0) is 4.79 Å². The minimum absolute atomic E-state index is 0.00789. The van der Waals surface area contributed by atoms with E-state index in [-0.39, 0.29) is 11.4 Å². The minimum atomic E-state index is -3.24. The monoisotopic (exact) mass is 440 g/mol. The average molecular weight is 441 g/mol. The summed E-state index contributed by atoms with van der Waals surface area (Å²) in [5, 5.41) is 18.3. The van der Waals surface area contributed by atoms with Crippen molar-refractivity contribution in [1.82, 2.24) is 19.6 Å². The number of hydrogen-bond donors (Lipinski definition) is 1. The molecule has 3 rings (SSSR count). The lowest BCUT2D eigenvalue weighted by Crippen LogP contribution is -2.27. The van der Waals surface area contributed by atoms with Crippen molar-refractivity contribution in [3.63, 3.8) is 0 Å². The van der Waals surface area contributed by atoms with Gasteiger partial charge in [0.1, 0.15) is 29.1 Å². The van der Waals surface area contributed by atoms with Gasteiger partial charge < -0.3 is 5.32 Å². The molecule has 0 fully saturated rings. The maximum Gasteiger partial charge on any atom is 0.283 e. The molecule has 1 N–H and O–H groups in total. The lowest BCUT2D eigenvalue weighted by atomic mass is 10.2. The Labute approximate surface area is 172 Å². The van der Waals surface area contributed by atoms with E-state index in [1.807, 2.05) is 6.07 Å². The minimum Gasteiger partial charge on any atom is -0.308 e. The zero-order valence-corrected chi connectivity index (χ0v) is 16.0. The van der Waals surface area contributed by atoms with E-state index < -0.39 is 41.2 Å². The van der Waals surface area contributed by atoms with Gasteiger partial charge in [0.05, 0.1) is 16.9 Å². The molecule has 3 aromatic rings. The van der Waals surface area contributed by atoms with Crippen LogP contribution in [0.25, 0.3) is 5.69 Å². The summed E-state index contributed by atoms with van der Waals surface area (Å²) < 4.78 is 54.6. The normalized spacial score (nSPS) is 12.2. The van der Waals surface area contributed by atoms with Gasteiger partial charge in [-0.3, -0.25) is 4.79 Å². The molecule has 156 valence electrons. The van der Waals surface area contributed by atoms with Crippen molar-refractivity contribution in [2.45, 2.75) is 25.8 Å². The van der Waals surface area contributed by atoms with E-state index in [1.165, 1.54) is 17.8 Å². The van der Waals surface area contributed by atoms with Crippen LogP contribution < -0.4 is 5.32 Å². The van der Waals surface area contributed by atoms with Crippen molar-refractivity contribution < 1.29 is 22.4 Å². The Balaban J connectivity index is 1.98. The molecule has 0 bridgehead atoms. The van der Waals surface area contributed by atoms with Crippen molar-refractivity contribution in [2.75, 3.05) is 5.32 Å². The Morgan fingerprint density at radius 2 is 1.87 bits per heavy atom. The summed E-state index contributed by atoms with van der Waals surface area (Å²) in [5.74, 6) is -0.891. The molecule has 0 saturated carbocycles. The zero-order chi connectivity index (χ0) is 22.0. The molecule has 0 saturated heterocycles. The van der Waals surface area contributed by atoms with Crippen molar-refractivity contribution in [2.24, 2.45) is 0 Å². The van der Waals surface area contributed by atoms with Crippen molar-refractivity contribution >= 4 is 23.3 Å². The number of alkyl halides is 4. The largest absolute Gasteiger partial charge is 0.308 e. The van der Waals surface area contributed by atoms with Crippen LogP contribution >= 0.6 is 11.6 Å². The molecule has 7 nitrogen and oxygen atoms in total. The number of halogens is 5. The second-order valence-electron chi connectivity index (χ2n) is 6.06. The smallest absolute Gasteiger partial charge is 0.283 e. The Kier molecular flexibility index (Phi) is 6.07. The van der Waals surface area contributed by atoms with Crippen LogP contribution in [0, 0.1) is 11.3 Å². The highest BCUT2D eigenvalue weighted by Crippen LogP contribution is 2.36. The fraction of sp³-hybridized carbons (Fsp3) is 0.222. The van der Waals surface area contributed by atoms with Gasteiger partial charge in [0.2, 0.25) is 5.91 Å². The third-order valence-electron chi connectivity index (χ3n) is 4.20. The highest BCUT2D eigenvalue weighted by molar-refractivity contribution is 6.32. The quantitative estimate of drug-likeness (QED) is 0.564. The number of nitrogens with one attached hydrogen (secondary N) is 1. The molecule has 1 amide bonds. The molecule has 1 aromatic carbocycles. The highest BCUT2D eigenvalue weighted by atomic mass is 35.5. The van der Waals surface area contributed by atoms with Crippen LogP contribution in [-0.4, -0.2) is 25.5 Å². The van der Waals surface area contributed by atoms with E-state index in [9.17, 15) is 27.6 Å². The van der Waals surface area contributed by atoms with Crippen molar-refractivity contribution in [1.29, 1.82) is 5.26 Å². The number of carbonyl (C=O) groups excluding carboxylic acids is 1. The Morgan fingerprint density at radius 1 is 1.20 bits per heavy atom. The first-order chi connectivity index (χ1) is 14.3. The van der Waals surface area contributed by atoms with E-state index in [1.54, 1.807) is 30.3 Å². The summed E-state index contributed by atoms with van der Waals surface area (Å²) in [6.45, 7) is 1.19. The van der Waals surface area contributed by atoms with Gasteiger partial charge in [0.25, 0.3) is 12.9 Å². The molecule has 2 heterocycles. The van der Waals surface area contributed by atoms with E-state index >= 15 is 0 Å². The lowest BCUT2D eigenvalue weighted by Gasteiger charge is -2.16. The molecule has 0 spiro atoms. The molecule has 0 radical (unpaired) electrons. The van der Waals surface area contributed by atoms with Gasteiger partial charge in [0.15, 0.2) is 5.82 Å². The number of aromatic nitrogens is 4. The van der Waals surface area contributed by atoms with Gasteiger partial charge in [-0.25, -0.2) is 26.9 Å². The van der Waals surface area contributed by atoms with Crippen LogP contribution in [0.5, 0.6) is 0 Å². The summed E-state index contributed by atoms with van der Waals surface area (Å²) in [6, 6.07) is 8.95. The number of anilines is 1. The maximum atomic E-state index is 13.4. The first-order valence-electron chi connectivity index (χ1n) is 8.44. The van der Waals surface area contributed by atoms with E-state index in [2.05, 4.69) is 15.5 Å². The number of carbonyl (C=O) groups is 1. The molecule has 12 heteroatoms. The van der Waals surface area contributed by atoms with Gasteiger partial charge in [0, 0.05) is 0 Å². The second-order valence-corrected chi connectivity index (χ2v) is 6.44. The fourth-order valence-corrected chi connectivity index (χ4v) is 3.01. The Bertz CT molecular complexity index is 1110. The van der Waals surface area contributed by atoms with Crippen LogP contribution in [0.4, 0.5) is 23.4 Å². The zero-order valence-electron chi connectivity index (χ0n) is 15.2. The molecule has 30 heavy (non-hydrogen) atoms. The Hall–Kier alpha value is -3.39. The van der Waals surface area contributed by atoms with Gasteiger partial charge in [-0.05, 0) is 19.1 Å². The molecule has 1 unspecified atom stereocenters. The van der Waals surface area contributed by atoms with Crippen molar-refractivity contribution in [3.8, 4) is 11.8 Å². The van der Waals surface area contributed by atoms with Gasteiger partial charge in [-0.15, -0.1) is 0 Å². The standard InChI is InChI=1S/C18H13ClF4N6O/c1-9(28-14(16(22)23)12(19)13(27-28)15(20)21)18(30)26-17-10(7-24)8-25-29(17)11-5-3-2-4-6-11/h2-6,8-9,15-16H,1H3,(H,26,30). The number of benzene rings is 1. The Morgan fingerprint density at radius 3 is 2.43 bits per heavy atom. The SMILES string of the molecule is CC(C(=O)Nc1c(C#N)cnn1-c1ccccc1)n1nc(C(F)F)c(Cl)c1C(F)F. The number of para-hydroxylation sites is 1. The third-order valence-corrected chi connectivity index (χ3v) is 4.59. The maximum absolute atomic E-state index is 13.4. The van der Waals surface area contributed by atoms with Crippen LogP contribution in [0.3, 0.4) is 0 Å². The van der Waals surface area contributed by atoms with Gasteiger partial charge in [-0.2, -0.15) is 15.5 Å². The molecule has 0 aliphatic rings. The van der Waals surface area contributed by atoms with E-state index in [4.69, 9.17) is 11.6 Å². The molecule has 0 aliphatic heterocycles. The first-order valence-corrected chi connectivity index (χ1v) is 8.82. The molecular formula is C18H13ClF4N6O. The van der Waals surface area contributed by atoms with Crippen molar-refractivity contribution in [3.05, 3.63) is 58.5 Å². The summed E-state index contributed by atoms with van der Waals surface area (Å²) in [6.07, 6.45) is -5.22. The number of hydrogen-bond acceptors (Lipinski definition) is 4. The highest BCUT2D eigenvalue weighted by Gasteiger charge is 2.32. The van der Waals surface area contributed by atoms with Gasteiger partial charge >= 0.3 is 0 Å². The molecule has 2 aromatic heterocycles. The second kappa shape index (κ2) is 8.54. The molecule has 1 atom stereocenters. The van der Waals surface area contributed by atoms with Crippen LogP contribution in [0.1, 0.15) is 42.8 Å². The predicted molar refractivity (Wildman–Crippen MR) is 98.8 cm³/mol. The topological polar surface area (TPSA) is 88.5 Å². The number of rotatable bonds is 6. The summed E-state index contributed by atoms with van der Waals surface area (Å²) in [4.78, 5) is 12.7. The molecular weight excluding hydrogens is 428 g/mol. The summed E-state index contributed by atoms with van der Waals surface area (Å²) in [7, 11) is 0. The summed E-state index contributed by atoms with van der Waals surface area (Å²) >= 11 is 5.63. The lowest BCUT2D eigenvalue weighted by molar-refractivity contribution is -0.119. The average Bonchev–Trinajstić information content (AvgIpc) is 3.28. The van der Waals surface area contributed by atoms with E-state index in [0.29, 0.717) is 10.4 Å². The third kappa shape index (κ3) is 3.86. The molecule has 0 aliphatic carbocycles. The van der Waals surface area contributed by atoms with Crippen LogP contribution in [0.15, 0.2) is 36.5 Å². The summed E-state index contributed by atoms with van der Waals surface area (Å²) in [5.41, 5.74) is -1.50. The van der Waals surface area contributed by atoms with E-state index in [0.717, 1.165) is 0 Å². The fourth-order valence-electron chi connectivity index (χ4n) is 2.72.